The fourth-order valence-electron chi connectivity index (χ4n) is 4.79. The molecule has 0 spiro atoms. The van der Waals surface area contributed by atoms with Gasteiger partial charge in [0.25, 0.3) is 0 Å². The number of nitrogens with one attached hydrogen (secondary N) is 1. The monoisotopic (exact) mass is 517 g/mol. The van der Waals surface area contributed by atoms with Gasteiger partial charge >= 0.3 is 0 Å². The number of anilines is 1. The molecule has 2 amide bonds. The van der Waals surface area contributed by atoms with Gasteiger partial charge in [0.05, 0.1) is 18.9 Å². The normalized spacial score (nSPS) is 14.5. The van der Waals surface area contributed by atoms with E-state index in [-0.39, 0.29) is 30.7 Å². The molecule has 1 atom stereocenters. The van der Waals surface area contributed by atoms with Crippen molar-refractivity contribution >= 4 is 23.2 Å². The largest absolute Gasteiger partial charge is 0.497 e. The summed E-state index contributed by atoms with van der Waals surface area (Å²) < 4.78 is 5.30. The average molecular weight is 518 g/mol. The van der Waals surface area contributed by atoms with Crippen LogP contribution in [0.5, 0.6) is 5.75 Å². The highest BCUT2D eigenvalue weighted by molar-refractivity contribution is 6.03. The molecule has 0 saturated heterocycles. The van der Waals surface area contributed by atoms with Gasteiger partial charge in [-0.2, -0.15) is 5.10 Å². The van der Waals surface area contributed by atoms with Crippen molar-refractivity contribution in [2.75, 3.05) is 12.4 Å². The standard InChI is InChI=1S/C33H31N3O3/c1-39-28-18-16-26(17-19-28)31-23-30(25-12-6-3-7-13-25)35-36(31)33(38)21-20-32(37)34-29-15-9-8-14-27(29)22-24-10-4-2-5-11-24/h2-19,31H,20-23H2,1H3,(H,34,37). The third kappa shape index (κ3) is 6.41. The second kappa shape index (κ2) is 12.2. The number of para-hydroxylation sites is 1. The van der Waals surface area contributed by atoms with Crippen LogP contribution in [0.25, 0.3) is 0 Å². The van der Waals surface area contributed by atoms with Gasteiger partial charge in [-0.05, 0) is 46.9 Å². The highest BCUT2D eigenvalue weighted by atomic mass is 16.5. The maximum Gasteiger partial charge on any atom is 0.243 e. The minimum absolute atomic E-state index is 0.0604. The molecule has 1 aliphatic rings. The Labute approximate surface area is 228 Å². The zero-order valence-corrected chi connectivity index (χ0v) is 21.9. The molecule has 5 rings (SSSR count). The summed E-state index contributed by atoms with van der Waals surface area (Å²) in [6.07, 6.45) is 1.44. The summed E-state index contributed by atoms with van der Waals surface area (Å²) in [4.78, 5) is 26.3. The van der Waals surface area contributed by atoms with Gasteiger partial charge in [0.1, 0.15) is 5.75 Å². The second-order valence-electron chi connectivity index (χ2n) is 9.51. The van der Waals surface area contributed by atoms with Crippen LogP contribution in [0.15, 0.2) is 114 Å². The zero-order valence-electron chi connectivity index (χ0n) is 21.9. The van der Waals surface area contributed by atoms with Crippen molar-refractivity contribution in [3.05, 3.63) is 131 Å². The molecule has 6 nitrogen and oxygen atoms in total. The van der Waals surface area contributed by atoms with Gasteiger partial charge in [-0.3, -0.25) is 9.59 Å². The van der Waals surface area contributed by atoms with E-state index >= 15 is 0 Å². The Kier molecular flexibility index (Phi) is 8.12. The first-order chi connectivity index (χ1) is 19.1. The Morgan fingerprint density at radius 1 is 0.846 bits per heavy atom. The van der Waals surface area contributed by atoms with Crippen molar-refractivity contribution in [1.82, 2.24) is 5.01 Å². The van der Waals surface area contributed by atoms with Gasteiger partial charge in [0, 0.05) is 24.9 Å². The van der Waals surface area contributed by atoms with E-state index in [0.29, 0.717) is 12.8 Å². The summed E-state index contributed by atoms with van der Waals surface area (Å²) in [7, 11) is 1.63. The molecule has 6 heteroatoms. The predicted molar refractivity (Wildman–Crippen MR) is 154 cm³/mol. The number of rotatable bonds is 9. The lowest BCUT2D eigenvalue weighted by Crippen LogP contribution is -2.28. The predicted octanol–water partition coefficient (Wildman–Crippen LogP) is 6.38. The summed E-state index contributed by atoms with van der Waals surface area (Å²) in [5.74, 6) is 0.369. The van der Waals surface area contributed by atoms with E-state index in [1.54, 1.807) is 12.1 Å². The minimum Gasteiger partial charge on any atom is -0.497 e. The van der Waals surface area contributed by atoms with E-state index in [0.717, 1.165) is 33.8 Å². The summed E-state index contributed by atoms with van der Waals surface area (Å²) in [6, 6.07) is 35.2. The summed E-state index contributed by atoms with van der Waals surface area (Å²) in [5, 5.41) is 9.27. The molecule has 0 bridgehead atoms. The smallest absolute Gasteiger partial charge is 0.243 e. The number of nitrogens with zero attached hydrogens (tertiary/aromatic N) is 2. The maximum absolute atomic E-state index is 13.4. The second-order valence-corrected chi connectivity index (χ2v) is 9.51. The molecule has 4 aromatic carbocycles. The molecule has 1 N–H and O–H groups in total. The average Bonchev–Trinajstić information content (AvgIpc) is 3.44. The van der Waals surface area contributed by atoms with Crippen LogP contribution in [0.3, 0.4) is 0 Å². The fourth-order valence-corrected chi connectivity index (χ4v) is 4.79. The number of hydrogen-bond acceptors (Lipinski definition) is 4. The fraction of sp³-hybridized carbons (Fsp3) is 0.182. The van der Waals surface area contributed by atoms with E-state index in [4.69, 9.17) is 9.84 Å². The molecular formula is C33H31N3O3. The number of hydrogen-bond donors (Lipinski definition) is 1. The van der Waals surface area contributed by atoms with E-state index in [2.05, 4.69) is 17.4 Å². The quantitative estimate of drug-likeness (QED) is 0.280. The summed E-state index contributed by atoms with van der Waals surface area (Å²) in [6.45, 7) is 0. The Morgan fingerprint density at radius 3 is 2.23 bits per heavy atom. The van der Waals surface area contributed by atoms with Gasteiger partial charge in [-0.25, -0.2) is 5.01 Å². The molecule has 1 unspecified atom stereocenters. The van der Waals surface area contributed by atoms with Crippen LogP contribution in [-0.2, 0) is 16.0 Å². The van der Waals surface area contributed by atoms with Crippen molar-refractivity contribution in [3.8, 4) is 5.75 Å². The molecule has 0 radical (unpaired) electrons. The lowest BCUT2D eigenvalue weighted by Gasteiger charge is -2.22. The number of carbonyl (C=O) groups excluding carboxylic acids is 2. The van der Waals surface area contributed by atoms with Crippen LogP contribution in [0.4, 0.5) is 5.69 Å². The Bertz CT molecular complexity index is 1450. The number of hydrazone groups is 1. The molecule has 1 heterocycles. The van der Waals surface area contributed by atoms with E-state index < -0.39 is 0 Å². The summed E-state index contributed by atoms with van der Waals surface area (Å²) in [5.41, 5.74) is 5.77. The van der Waals surface area contributed by atoms with Crippen LogP contribution in [0, 0.1) is 0 Å². The zero-order chi connectivity index (χ0) is 27.0. The first-order valence-corrected chi connectivity index (χ1v) is 13.1. The van der Waals surface area contributed by atoms with Gasteiger partial charge < -0.3 is 10.1 Å². The first kappa shape index (κ1) is 25.9. The van der Waals surface area contributed by atoms with E-state index in [1.165, 1.54) is 5.56 Å². The minimum atomic E-state index is -0.242. The van der Waals surface area contributed by atoms with E-state index in [1.807, 2.05) is 97.1 Å². The molecule has 1 aliphatic heterocycles. The molecule has 0 aliphatic carbocycles. The SMILES string of the molecule is COc1ccc(C2CC(c3ccccc3)=NN2C(=O)CCC(=O)Nc2ccccc2Cc2ccccc2)cc1. The third-order valence-electron chi connectivity index (χ3n) is 6.87. The maximum atomic E-state index is 13.4. The molecule has 0 fully saturated rings. The lowest BCUT2D eigenvalue weighted by atomic mass is 9.98. The van der Waals surface area contributed by atoms with Crippen molar-refractivity contribution in [2.24, 2.45) is 5.10 Å². The molecule has 196 valence electrons. The van der Waals surface area contributed by atoms with Crippen LogP contribution in [-0.4, -0.2) is 29.6 Å². The van der Waals surface area contributed by atoms with Gasteiger partial charge in [-0.15, -0.1) is 0 Å². The van der Waals surface area contributed by atoms with E-state index in [9.17, 15) is 9.59 Å². The van der Waals surface area contributed by atoms with Crippen LogP contribution in [0.1, 0.15) is 47.6 Å². The molecule has 39 heavy (non-hydrogen) atoms. The molecule has 0 saturated carbocycles. The van der Waals surface area contributed by atoms with Crippen molar-refractivity contribution < 1.29 is 14.3 Å². The Morgan fingerprint density at radius 2 is 1.51 bits per heavy atom. The number of carbonyl (C=O) groups is 2. The van der Waals surface area contributed by atoms with Gasteiger partial charge in [0.15, 0.2) is 0 Å². The van der Waals surface area contributed by atoms with Crippen LogP contribution < -0.4 is 10.1 Å². The van der Waals surface area contributed by atoms with Gasteiger partial charge in [0.2, 0.25) is 11.8 Å². The van der Waals surface area contributed by atoms with Gasteiger partial charge in [-0.1, -0.05) is 91.0 Å². The number of ether oxygens (including phenoxy) is 1. The van der Waals surface area contributed by atoms with Crippen LogP contribution >= 0.6 is 0 Å². The number of benzene rings is 4. The lowest BCUT2D eigenvalue weighted by molar-refractivity contribution is -0.134. The highest BCUT2D eigenvalue weighted by Crippen LogP contribution is 2.34. The molecular weight excluding hydrogens is 486 g/mol. The van der Waals surface area contributed by atoms with Crippen LogP contribution in [0.2, 0.25) is 0 Å². The summed E-state index contributed by atoms with van der Waals surface area (Å²) >= 11 is 0. The Hall–Kier alpha value is -4.71. The third-order valence-corrected chi connectivity index (χ3v) is 6.87. The topological polar surface area (TPSA) is 71.0 Å². The molecule has 0 aromatic heterocycles. The molecule has 4 aromatic rings. The van der Waals surface area contributed by atoms with Crippen molar-refractivity contribution in [1.29, 1.82) is 0 Å². The highest BCUT2D eigenvalue weighted by Gasteiger charge is 2.33. The van der Waals surface area contributed by atoms with Crippen molar-refractivity contribution in [3.63, 3.8) is 0 Å². The van der Waals surface area contributed by atoms with Crippen molar-refractivity contribution in [2.45, 2.75) is 31.7 Å². The number of amides is 2. The first-order valence-electron chi connectivity index (χ1n) is 13.1. The Balaban J connectivity index is 1.27. The number of methoxy groups -OCH3 is 1.